The molecule has 0 saturated heterocycles. The van der Waals surface area contributed by atoms with Crippen molar-refractivity contribution in [2.75, 3.05) is 12.4 Å². The molecule has 5 nitrogen and oxygen atoms in total. The summed E-state index contributed by atoms with van der Waals surface area (Å²) in [5.41, 5.74) is 3.98. The Balaban J connectivity index is 1.86. The summed E-state index contributed by atoms with van der Waals surface area (Å²) in [7, 11) is 1.61. The molecule has 30 heavy (non-hydrogen) atoms. The van der Waals surface area contributed by atoms with Crippen molar-refractivity contribution in [3.8, 4) is 23.1 Å². The van der Waals surface area contributed by atoms with Crippen LogP contribution in [0.4, 0.5) is 5.69 Å². The Morgan fingerprint density at radius 3 is 2.37 bits per heavy atom. The fraction of sp³-hybridized carbons (Fsp3) is 0.0400. The fourth-order valence-electron chi connectivity index (χ4n) is 3.38. The number of aromatic nitrogens is 1. The standard InChI is InChI=1S/C25H19N3O2/c1-30-22-14-8-13-20-21(23(28-24(20)22)17-9-4-2-5-10-17)15-18(16-26)25(29)27-19-11-6-3-7-12-19/h2-15,28H,1H3,(H,27,29)/b18-15+. The van der Waals surface area contributed by atoms with Crippen LogP contribution in [0.1, 0.15) is 5.56 Å². The molecule has 0 unspecified atom stereocenters. The second-order valence-corrected chi connectivity index (χ2v) is 6.65. The van der Waals surface area contributed by atoms with Gasteiger partial charge in [0.2, 0.25) is 0 Å². The number of fused-ring (bicyclic) bond motifs is 1. The molecule has 146 valence electrons. The molecule has 0 saturated carbocycles. The quantitative estimate of drug-likeness (QED) is 0.352. The van der Waals surface area contributed by atoms with Gasteiger partial charge in [-0.2, -0.15) is 5.26 Å². The van der Waals surface area contributed by atoms with Crippen molar-refractivity contribution in [2.45, 2.75) is 0 Å². The molecule has 5 heteroatoms. The highest BCUT2D eigenvalue weighted by Crippen LogP contribution is 2.36. The van der Waals surface area contributed by atoms with E-state index in [-0.39, 0.29) is 5.57 Å². The topological polar surface area (TPSA) is 77.9 Å². The minimum Gasteiger partial charge on any atom is -0.495 e. The van der Waals surface area contributed by atoms with Gasteiger partial charge in [0, 0.05) is 16.6 Å². The van der Waals surface area contributed by atoms with Crippen molar-refractivity contribution >= 4 is 28.6 Å². The molecule has 4 rings (SSSR count). The molecular weight excluding hydrogens is 374 g/mol. The van der Waals surface area contributed by atoms with Gasteiger partial charge in [0.15, 0.2) is 0 Å². The van der Waals surface area contributed by atoms with Gasteiger partial charge in [-0.05, 0) is 29.8 Å². The van der Waals surface area contributed by atoms with Gasteiger partial charge in [0.25, 0.3) is 5.91 Å². The maximum Gasteiger partial charge on any atom is 0.266 e. The van der Waals surface area contributed by atoms with Gasteiger partial charge in [0.05, 0.1) is 18.3 Å². The Bertz CT molecular complexity index is 1270. The molecule has 1 aromatic heterocycles. The number of hydrogen-bond acceptors (Lipinski definition) is 3. The highest BCUT2D eigenvalue weighted by atomic mass is 16.5. The normalized spacial score (nSPS) is 11.1. The lowest BCUT2D eigenvalue weighted by molar-refractivity contribution is -0.112. The van der Waals surface area contributed by atoms with E-state index < -0.39 is 5.91 Å². The summed E-state index contributed by atoms with van der Waals surface area (Å²) < 4.78 is 5.49. The van der Waals surface area contributed by atoms with Gasteiger partial charge < -0.3 is 15.0 Å². The lowest BCUT2D eigenvalue weighted by atomic mass is 10.0. The maximum absolute atomic E-state index is 12.7. The Hall–Kier alpha value is -4.30. The lowest BCUT2D eigenvalue weighted by Gasteiger charge is -2.05. The number of methoxy groups -OCH3 is 1. The van der Waals surface area contributed by atoms with Gasteiger partial charge in [0.1, 0.15) is 17.4 Å². The molecule has 0 bridgehead atoms. The number of carbonyl (C=O) groups excluding carboxylic acids is 1. The van der Waals surface area contributed by atoms with Crippen LogP contribution in [0.15, 0.2) is 84.4 Å². The van der Waals surface area contributed by atoms with Crippen molar-refractivity contribution in [1.29, 1.82) is 5.26 Å². The third-order valence-electron chi connectivity index (χ3n) is 4.80. The van der Waals surface area contributed by atoms with Gasteiger partial charge >= 0.3 is 0 Å². The summed E-state index contributed by atoms with van der Waals surface area (Å²) in [5.74, 6) is 0.233. The average Bonchev–Trinajstić information content (AvgIpc) is 3.17. The number of nitrogens with zero attached hydrogens (tertiary/aromatic N) is 1. The number of aromatic amines is 1. The summed E-state index contributed by atoms with van der Waals surface area (Å²) in [6.07, 6.45) is 1.62. The average molecular weight is 393 g/mol. The molecule has 0 aliphatic carbocycles. The van der Waals surface area contributed by atoms with E-state index in [4.69, 9.17) is 4.74 Å². The summed E-state index contributed by atoms with van der Waals surface area (Å²) in [6.45, 7) is 0. The number of anilines is 1. The number of rotatable bonds is 5. The minimum atomic E-state index is -0.458. The third-order valence-corrected chi connectivity index (χ3v) is 4.80. The molecule has 4 aromatic rings. The molecule has 0 aliphatic heterocycles. The van der Waals surface area contributed by atoms with Crippen LogP contribution in [0.3, 0.4) is 0 Å². The van der Waals surface area contributed by atoms with E-state index in [1.54, 1.807) is 25.3 Å². The van der Waals surface area contributed by atoms with Crippen LogP contribution in [0.5, 0.6) is 5.75 Å². The van der Waals surface area contributed by atoms with E-state index in [2.05, 4.69) is 10.3 Å². The van der Waals surface area contributed by atoms with Crippen molar-refractivity contribution in [3.63, 3.8) is 0 Å². The Labute approximate surface area is 174 Å². The Morgan fingerprint density at radius 2 is 1.70 bits per heavy atom. The largest absolute Gasteiger partial charge is 0.495 e. The molecule has 1 heterocycles. The van der Waals surface area contributed by atoms with Crippen LogP contribution >= 0.6 is 0 Å². The number of H-pyrrole nitrogens is 1. The van der Waals surface area contributed by atoms with E-state index in [0.29, 0.717) is 11.4 Å². The number of ether oxygens (including phenoxy) is 1. The second kappa shape index (κ2) is 8.38. The van der Waals surface area contributed by atoms with E-state index in [0.717, 1.165) is 27.7 Å². The molecule has 0 atom stereocenters. The van der Waals surface area contributed by atoms with Crippen molar-refractivity contribution in [2.24, 2.45) is 0 Å². The Morgan fingerprint density at radius 1 is 1.00 bits per heavy atom. The molecule has 0 aliphatic rings. The van der Waals surface area contributed by atoms with Crippen LogP contribution < -0.4 is 10.1 Å². The van der Waals surface area contributed by atoms with Gasteiger partial charge in [-0.1, -0.05) is 60.7 Å². The van der Waals surface area contributed by atoms with Crippen molar-refractivity contribution in [3.05, 3.63) is 90.0 Å². The van der Waals surface area contributed by atoms with Crippen LogP contribution in [-0.4, -0.2) is 18.0 Å². The third kappa shape index (κ3) is 3.67. The smallest absolute Gasteiger partial charge is 0.266 e. The first-order valence-corrected chi connectivity index (χ1v) is 9.43. The van der Waals surface area contributed by atoms with E-state index in [1.807, 2.05) is 72.8 Å². The summed E-state index contributed by atoms with van der Waals surface area (Å²) >= 11 is 0. The van der Waals surface area contributed by atoms with Crippen LogP contribution in [0.2, 0.25) is 0 Å². The predicted octanol–water partition coefficient (Wildman–Crippen LogP) is 5.39. The zero-order valence-corrected chi connectivity index (χ0v) is 16.3. The summed E-state index contributed by atoms with van der Waals surface area (Å²) in [4.78, 5) is 16.1. The van der Waals surface area contributed by atoms with Gasteiger partial charge in [-0.15, -0.1) is 0 Å². The molecule has 0 spiro atoms. The highest BCUT2D eigenvalue weighted by Gasteiger charge is 2.17. The van der Waals surface area contributed by atoms with E-state index in [9.17, 15) is 10.1 Å². The molecule has 2 N–H and O–H groups in total. The van der Waals surface area contributed by atoms with Gasteiger partial charge in [-0.25, -0.2) is 0 Å². The fourth-order valence-corrected chi connectivity index (χ4v) is 3.38. The summed E-state index contributed by atoms with van der Waals surface area (Å²) in [5, 5.41) is 13.3. The number of nitriles is 1. The molecule has 1 amide bonds. The van der Waals surface area contributed by atoms with Crippen molar-refractivity contribution < 1.29 is 9.53 Å². The first-order valence-electron chi connectivity index (χ1n) is 9.43. The first-order chi connectivity index (χ1) is 14.7. The first kappa shape index (κ1) is 19.0. The minimum absolute atomic E-state index is 0.0137. The van der Waals surface area contributed by atoms with Gasteiger partial charge in [-0.3, -0.25) is 4.79 Å². The molecule has 0 radical (unpaired) electrons. The van der Waals surface area contributed by atoms with E-state index >= 15 is 0 Å². The number of hydrogen-bond donors (Lipinski definition) is 2. The molecule has 0 fully saturated rings. The zero-order valence-electron chi connectivity index (χ0n) is 16.3. The SMILES string of the molecule is COc1cccc2c(/C=C(\C#N)C(=O)Nc3ccccc3)c(-c3ccccc3)[nH]c12. The summed E-state index contributed by atoms with van der Waals surface area (Å²) in [6, 6.07) is 26.6. The van der Waals surface area contributed by atoms with Crippen LogP contribution in [0.25, 0.3) is 28.2 Å². The maximum atomic E-state index is 12.7. The van der Waals surface area contributed by atoms with Crippen molar-refractivity contribution in [1.82, 2.24) is 4.98 Å². The predicted molar refractivity (Wildman–Crippen MR) is 119 cm³/mol. The van der Waals surface area contributed by atoms with Crippen LogP contribution in [-0.2, 0) is 4.79 Å². The number of amides is 1. The number of benzene rings is 3. The van der Waals surface area contributed by atoms with E-state index in [1.165, 1.54) is 0 Å². The molecular formula is C25H19N3O2. The number of carbonyl (C=O) groups is 1. The molecule has 3 aromatic carbocycles. The monoisotopic (exact) mass is 393 g/mol. The number of nitrogens with one attached hydrogen (secondary N) is 2. The number of para-hydroxylation sites is 2. The lowest BCUT2D eigenvalue weighted by Crippen LogP contribution is -2.13. The second-order valence-electron chi connectivity index (χ2n) is 6.65. The zero-order chi connectivity index (χ0) is 20.9. The van der Waals surface area contributed by atoms with Crippen LogP contribution in [0, 0.1) is 11.3 Å². The highest BCUT2D eigenvalue weighted by molar-refractivity contribution is 6.12. The Kier molecular flexibility index (Phi) is 5.31.